The van der Waals surface area contributed by atoms with E-state index in [2.05, 4.69) is 46.9 Å². The highest BCUT2D eigenvalue weighted by molar-refractivity contribution is 7.16. The molecule has 0 aliphatic heterocycles. The standard InChI is InChI=1S/C16H15ClN2S2/c1-11(12-4-2-8-18-10-12)19-16(13-5-3-9-20-13)14-6-7-15(17)21-14/h2-11,16,19H,1H3/t11-,16?/m1/s1. The molecular weight excluding hydrogens is 320 g/mol. The van der Waals surface area contributed by atoms with Crippen LogP contribution in [-0.4, -0.2) is 4.98 Å². The predicted octanol–water partition coefficient (Wildman–Crippen LogP) is 5.30. The van der Waals surface area contributed by atoms with E-state index in [0.717, 1.165) is 4.34 Å². The van der Waals surface area contributed by atoms with Gasteiger partial charge in [-0.15, -0.1) is 22.7 Å². The average Bonchev–Trinajstić information content (AvgIpc) is 3.17. The summed E-state index contributed by atoms with van der Waals surface area (Å²) in [5, 5.41) is 5.79. The van der Waals surface area contributed by atoms with Crippen LogP contribution < -0.4 is 5.32 Å². The fourth-order valence-electron chi connectivity index (χ4n) is 2.22. The van der Waals surface area contributed by atoms with Crippen LogP contribution in [0.5, 0.6) is 0 Å². The van der Waals surface area contributed by atoms with E-state index >= 15 is 0 Å². The van der Waals surface area contributed by atoms with Crippen molar-refractivity contribution in [2.75, 3.05) is 0 Å². The molecule has 3 heterocycles. The number of thiophene rings is 2. The zero-order chi connectivity index (χ0) is 14.7. The highest BCUT2D eigenvalue weighted by Gasteiger charge is 2.20. The van der Waals surface area contributed by atoms with Crippen molar-refractivity contribution in [2.45, 2.75) is 19.0 Å². The highest BCUT2D eigenvalue weighted by Crippen LogP contribution is 2.34. The fourth-order valence-corrected chi connectivity index (χ4v) is 4.24. The molecule has 1 unspecified atom stereocenters. The summed E-state index contributed by atoms with van der Waals surface area (Å²) in [6.07, 6.45) is 3.70. The molecule has 3 aromatic rings. The third-order valence-corrected chi connectivity index (χ3v) is 5.54. The Bertz CT molecular complexity index is 679. The van der Waals surface area contributed by atoms with Crippen molar-refractivity contribution in [3.8, 4) is 0 Å². The number of hydrogen-bond donors (Lipinski definition) is 1. The molecule has 0 aliphatic carbocycles. The van der Waals surface area contributed by atoms with E-state index in [4.69, 9.17) is 11.6 Å². The number of aromatic nitrogens is 1. The number of pyridine rings is 1. The molecule has 0 bridgehead atoms. The smallest absolute Gasteiger partial charge is 0.0931 e. The molecular formula is C16H15ClN2S2. The lowest BCUT2D eigenvalue weighted by Gasteiger charge is -2.22. The van der Waals surface area contributed by atoms with Crippen LogP contribution in [-0.2, 0) is 0 Å². The van der Waals surface area contributed by atoms with Crippen molar-refractivity contribution in [3.05, 3.63) is 73.8 Å². The third-order valence-electron chi connectivity index (χ3n) is 3.31. The molecule has 1 N–H and O–H groups in total. The molecule has 21 heavy (non-hydrogen) atoms. The molecule has 0 aromatic carbocycles. The van der Waals surface area contributed by atoms with Gasteiger partial charge in [-0.25, -0.2) is 0 Å². The lowest BCUT2D eigenvalue weighted by atomic mass is 10.1. The molecule has 0 radical (unpaired) electrons. The summed E-state index contributed by atoms with van der Waals surface area (Å²) in [7, 11) is 0. The second-order valence-corrected chi connectivity index (χ2v) is 7.49. The van der Waals surface area contributed by atoms with Crippen molar-refractivity contribution in [1.29, 1.82) is 0 Å². The minimum absolute atomic E-state index is 0.165. The van der Waals surface area contributed by atoms with Crippen LogP contribution in [0.15, 0.2) is 54.2 Å². The number of rotatable bonds is 5. The number of nitrogens with zero attached hydrogens (tertiary/aromatic N) is 1. The van der Waals surface area contributed by atoms with Crippen LogP contribution in [0.25, 0.3) is 0 Å². The Morgan fingerprint density at radius 2 is 2.05 bits per heavy atom. The van der Waals surface area contributed by atoms with Crippen molar-refractivity contribution >= 4 is 34.3 Å². The molecule has 3 rings (SSSR count). The first kappa shape index (κ1) is 14.7. The summed E-state index contributed by atoms with van der Waals surface area (Å²) in [6.45, 7) is 2.16. The van der Waals surface area contributed by atoms with Gasteiger partial charge in [-0.2, -0.15) is 0 Å². The van der Waals surface area contributed by atoms with E-state index in [9.17, 15) is 0 Å². The first-order chi connectivity index (χ1) is 10.2. The first-order valence-electron chi connectivity index (χ1n) is 6.68. The van der Waals surface area contributed by atoms with Crippen LogP contribution in [0.4, 0.5) is 0 Å². The summed E-state index contributed by atoms with van der Waals surface area (Å²) < 4.78 is 0.822. The van der Waals surface area contributed by atoms with E-state index in [-0.39, 0.29) is 12.1 Å². The van der Waals surface area contributed by atoms with Gasteiger partial charge in [-0.05, 0) is 42.1 Å². The Kier molecular flexibility index (Phi) is 4.70. The molecule has 0 amide bonds. The summed E-state index contributed by atoms with van der Waals surface area (Å²) in [5.41, 5.74) is 1.18. The van der Waals surface area contributed by atoms with Crippen LogP contribution in [0.3, 0.4) is 0 Å². The SMILES string of the molecule is C[C@@H](NC(c1cccs1)c1ccc(Cl)s1)c1cccnc1. The zero-order valence-corrected chi connectivity index (χ0v) is 13.9. The number of halogens is 1. The van der Waals surface area contributed by atoms with E-state index in [1.165, 1.54) is 15.3 Å². The molecule has 0 saturated carbocycles. The number of nitrogens with one attached hydrogen (secondary N) is 1. The van der Waals surface area contributed by atoms with Gasteiger partial charge in [0.25, 0.3) is 0 Å². The molecule has 2 nitrogen and oxygen atoms in total. The van der Waals surface area contributed by atoms with Crippen molar-refractivity contribution in [1.82, 2.24) is 10.3 Å². The molecule has 2 atom stereocenters. The summed E-state index contributed by atoms with van der Waals surface area (Å²) in [5.74, 6) is 0. The Morgan fingerprint density at radius 3 is 2.67 bits per heavy atom. The van der Waals surface area contributed by atoms with Crippen molar-refractivity contribution < 1.29 is 0 Å². The Labute approximate surface area is 137 Å². The highest BCUT2D eigenvalue weighted by atomic mass is 35.5. The molecule has 108 valence electrons. The van der Waals surface area contributed by atoms with Gasteiger partial charge in [0.15, 0.2) is 0 Å². The number of hydrogen-bond acceptors (Lipinski definition) is 4. The molecule has 5 heteroatoms. The summed E-state index contributed by atoms with van der Waals surface area (Å²) in [4.78, 5) is 6.73. The van der Waals surface area contributed by atoms with Gasteiger partial charge < -0.3 is 0 Å². The third kappa shape index (κ3) is 3.52. The van der Waals surface area contributed by atoms with Gasteiger partial charge in [0, 0.05) is 28.2 Å². The zero-order valence-electron chi connectivity index (χ0n) is 11.5. The van der Waals surface area contributed by atoms with Crippen molar-refractivity contribution in [2.24, 2.45) is 0 Å². The van der Waals surface area contributed by atoms with Crippen LogP contribution >= 0.6 is 34.3 Å². The van der Waals surface area contributed by atoms with Gasteiger partial charge in [0.05, 0.1) is 10.4 Å². The van der Waals surface area contributed by atoms with Crippen LogP contribution in [0.2, 0.25) is 4.34 Å². The summed E-state index contributed by atoms with van der Waals surface area (Å²) in [6, 6.07) is 12.7. The predicted molar refractivity (Wildman–Crippen MR) is 91.3 cm³/mol. The topological polar surface area (TPSA) is 24.9 Å². The van der Waals surface area contributed by atoms with Crippen molar-refractivity contribution in [3.63, 3.8) is 0 Å². The van der Waals surface area contributed by atoms with E-state index in [0.29, 0.717) is 0 Å². The minimum atomic E-state index is 0.165. The molecule has 3 aromatic heterocycles. The van der Waals surface area contributed by atoms with Gasteiger partial charge >= 0.3 is 0 Å². The minimum Gasteiger partial charge on any atom is -0.298 e. The fraction of sp³-hybridized carbons (Fsp3) is 0.188. The molecule has 0 fully saturated rings. The molecule has 0 saturated heterocycles. The van der Waals surface area contributed by atoms with Gasteiger partial charge in [0.1, 0.15) is 0 Å². The van der Waals surface area contributed by atoms with Gasteiger partial charge in [0.2, 0.25) is 0 Å². The maximum atomic E-state index is 6.10. The largest absolute Gasteiger partial charge is 0.298 e. The van der Waals surface area contributed by atoms with Gasteiger partial charge in [-0.1, -0.05) is 23.7 Å². The van der Waals surface area contributed by atoms with E-state index in [1.807, 2.05) is 18.3 Å². The van der Waals surface area contributed by atoms with E-state index < -0.39 is 0 Å². The first-order valence-corrected chi connectivity index (χ1v) is 8.76. The van der Waals surface area contributed by atoms with Crippen LogP contribution in [0.1, 0.15) is 34.3 Å². The van der Waals surface area contributed by atoms with Crippen LogP contribution in [0, 0.1) is 0 Å². The average molecular weight is 335 g/mol. The second kappa shape index (κ2) is 6.71. The Balaban J connectivity index is 1.86. The Hall–Kier alpha value is -1.20. The Morgan fingerprint density at radius 1 is 1.14 bits per heavy atom. The van der Waals surface area contributed by atoms with Gasteiger partial charge in [-0.3, -0.25) is 10.3 Å². The summed E-state index contributed by atoms with van der Waals surface area (Å²) >= 11 is 9.49. The second-order valence-electron chi connectivity index (χ2n) is 4.77. The quantitative estimate of drug-likeness (QED) is 0.685. The maximum Gasteiger partial charge on any atom is 0.0931 e. The molecule has 0 spiro atoms. The molecule has 0 aliphatic rings. The monoisotopic (exact) mass is 334 g/mol. The lowest BCUT2D eigenvalue weighted by Crippen LogP contribution is -2.24. The normalized spacial score (nSPS) is 14.0. The maximum absolute atomic E-state index is 6.10. The van der Waals surface area contributed by atoms with E-state index in [1.54, 1.807) is 28.9 Å². The lowest BCUT2D eigenvalue weighted by molar-refractivity contribution is 0.525.